The predicted octanol–water partition coefficient (Wildman–Crippen LogP) is 4.52. The number of aromatic nitrogens is 1. The molecule has 158 valence electrons. The number of rotatable bonds is 7. The number of amides is 1. The van der Waals surface area contributed by atoms with Crippen LogP contribution in [0.2, 0.25) is 0 Å². The molecule has 3 aromatic rings. The van der Waals surface area contributed by atoms with Gasteiger partial charge in [0.15, 0.2) is 4.80 Å². The van der Waals surface area contributed by atoms with Crippen molar-refractivity contribution in [2.75, 3.05) is 13.7 Å². The summed E-state index contributed by atoms with van der Waals surface area (Å²) in [7, 11) is 1.60. The number of hydrogen-bond donors (Lipinski definition) is 0. The second-order valence-corrected chi connectivity index (χ2v) is 9.38. The van der Waals surface area contributed by atoms with Gasteiger partial charge in [0.2, 0.25) is 0 Å². The molecule has 2 aromatic carbocycles. The fourth-order valence-corrected chi connectivity index (χ4v) is 4.83. The number of ether oxygens (including phenoxy) is 2. The van der Waals surface area contributed by atoms with Crippen molar-refractivity contribution in [1.82, 2.24) is 4.57 Å². The quantitative estimate of drug-likeness (QED) is 0.396. The van der Waals surface area contributed by atoms with Gasteiger partial charge in [-0.2, -0.15) is 4.99 Å². The van der Waals surface area contributed by atoms with Crippen LogP contribution >= 0.6 is 23.1 Å². The van der Waals surface area contributed by atoms with Crippen molar-refractivity contribution < 1.29 is 19.1 Å². The molecule has 0 spiro atoms. The molecule has 0 aliphatic heterocycles. The molecule has 0 radical (unpaired) electrons. The average molecular weight is 445 g/mol. The molecule has 1 amide bonds. The largest absolute Gasteiger partial charge is 0.497 e. The van der Waals surface area contributed by atoms with Crippen LogP contribution in [-0.4, -0.2) is 35.4 Å². The standard InChI is InChI=1S/C22H24N2O4S2/c1-5-28-20(25)13-24-18-10-9-16(27-4)12-19(18)30-22(24)23-21(26)15-7-6-8-17(11-15)29-14(2)3/h6-12,14H,5,13H2,1-4H3. The molecule has 0 aliphatic carbocycles. The van der Waals surface area contributed by atoms with Crippen LogP contribution in [0.15, 0.2) is 52.4 Å². The Labute approximate surface area is 183 Å². The zero-order chi connectivity index (χ0) is 21.7. The molecule has 6 nitrogen and oxygen atoms in total. The van der Waals surface area contributed by atoms with Gasteiger partial charge < -0.3 is 14.0 Å². The monoisotopic (exact) mass is 444 g/mol. The number of benzene rings is 2. The maximum absolute atomic E-state index is 12.9. The number of esters is 1. The summed E-state index contributed by atoms with van der Waals surface area (Å²) in [5, 5.41) is 0.414. The van der Waals surface area contributed by atoms with E-state index in [-0.39, 0.29) is 18.4 Å². The Morgan fingerprint density at radius 1 is 1.20 bits per heavy atom. The van der Waals surface area contributed by atoms with Gasteiger partial charge in [-0.3, -0.25) is 9.59 Å². The van der Waals surface area contributed by atoms with E-state index in [1.165, 1.54) is 11.3 Å². The minimum atomic E-state index is -0.378. The van der Waals surface area contributed by atoms with E-state index < -0.39 is 0 Å². The highest BCUT2D eigenvalue weighted by atomic mass is 32.2. The third-order valence-corrected chi connectivity index (χ3v) is 6.17. The number of nitrogens with zero attached hydrogens (tertiary/aromatic N) is 2. The normalized spacial score (nSPS) is 11.8. The molecule has 8 heteroatoms. The zero-order valence-electron chi connectivity index (χ0n) is 17.4. The first-order chi connectivity index (χ1) is 14.4. The summed E-state index contributed by atoms with van der Waals surface area (Å²) in [6.07, 6.45) is 0. The van der Waals surface area contributed by atoms with Crippen molar-refractivity contribution in [2.45, 2.75) is 37.5 Å². The Bertz CT molecular complexity index is 1130. The first kappa shape index (κ1) is 22.1. The summed E-state index contributed by atoms with van der Waals surface area (Å²) in [5.74, 6) is -0.0297. The van der Waals surface area contributed by atoms with E-state index in [0.717, 1.165) is 15.1 Å². The Kier molecular flexibility index (Phi) is 7.33. The van der Waals surface area contributed by atoms with Crippen molar-refractivity contribution in [3.8, 4) is 5.75 Å². The van der Waals surface area contributed by atoms with Gasteiger partial charge in [-0.05, 0) is 43.3 Å². The molecule has 0 N–H and O–H groups in total. The highest BCUT2D eigenvalue weighted by Gasteiger charge is 2.14. The van der Waals surface area contributed by atoms with Crippen LogP contribution in [0.25, 0.3) is 10.2 Å². The van der Waals surface area contributed by atoms with Crippen molar-refractivity contribution in [3.05, 3.63) is 52.8 Å². The van der Waals surface area contributed by atoms with E-state index in [4.69, 9.17) is 9.47 Å². The lowest BCUT2D eigenvalue weighted by Gasteiger charge is -2.06. The Morgan fingerprint density at radius 3 is 2.70 bits per heavy atom. The predicted molar refractivity (Wildman–Crippen MR) is 120 cm³/mol. The van der Waals surface area contributed by atoms with Gasteiger partial charge >= 0.3 is 5.97 Å². The number of thiazole rings is 1. The molecular weight excluding hydrogens is 420 g/mol. The number of fused-ring (bicyclic) bond motifs is 1. The van der Waals surface area contributed by atoms with E-state index in [0.29, 0.717) is 28.0 Å². The van der Waals surface area contributed by atoms with Crippen LogP contribution in [0.4, 0.5) is 0 Å². The van der Waals surface area contributed by atoms with Gasteiger partial charge in [-0.1, -0.05) is 31.3 Å². The molecule has 0 saturated carbocycles. The molecule has 0 saturated heterocycles. The highest BCUT2D eigenvalue weighted by molar-refractivity contribution is 7.99. The maximum atomic E-state index is 12.9. The average Bonchev–Trinajstić information content (AvgIpc) is 3.03. The molecule has 0 bridgehead atoms. The maximum Gasteiger partial charge on any atom is 0.326 e. The summed E-state index contributed by atoms with van der Waals surface area (Å²) >= 11 is 3.02. The second kappa shape index (κ2) is 9.95. The first-order valence-electron chi connectivity index (χ1n) is 9.60. The lowest BCUT2D eigenvalue weighted by molar-refractivity contribution is -0.143. The van der Waals surface area contributed by atoms with Crippen LogP contribution in [-0.2, 0) is 16.1 Å². The summed E-state index contributed by atoms with van der Waals surface area (Å²) < 4.78 is 13.0. The van der Waals surface area contributed by atoms with Crippen LogP contribution in [0.1, 0.15) is 31.1 Å². The smallest absolute Gasteiger partial charge is 0.326 e. The lowest BCUT2D eigenvalue weighted by Crippen LogP contribution is -2.23. The summed E-state index contributed by atoms with van der Waals surface area (Å²) in [6, 6.07) is 13.0. The van der Waals surface area contributed by atoms with Gasteiger partial charge in [0, 0.05) is 15.7 Å². The first-order valence-corrected chi connectivity index (χ1v) is 11.3. The number of carbonyl (C=O) groups excluding carboxylic acids is 2. The van der Waals surface area contributed by atoms with Crippen LogP contribution in [0.3, 0.4) is 0 Å². The number of hydrogen-bond acceptors (Lipinski definition) is 6. The van der Waals surface area contributed by atoms with Crippen molar-refractivity contribution >= 4 is 45.2 Å². The van der Waals surface area contributed by atoms with Crippen molar-refractivity contribution in [2.24, 2.45) is 4.99 Å². The minimum Gasteiger partial charge on any atom is -0.497 e. The number of carbonyl (C=O) groups is 2. The molecule has 0 aliphatic rings. The topological polar surface area (TPSA) is 69.9 Å². The van der Waals surface area contributed by atoms with Gasteiger partial charge in [-0.15, -0.1) is 11.8 Å². The van der Waals surface area contributed by atoms with Crippen LogP contribution < -0.4 is 9.54 Å². The molecule has 30 heavy (non-hydrogen) atoms. The zero-order valence-corrected chi connectivity index (χ0v) is 19.0. The third kappa shape index (κ3) is 5.31. The molecular formula is C22H24N2O4S2. The van der Waals surface area contributed by atoms with Crippen LogP contribution in [0, 0.1) is 0 Å². The number of thioether (sulfide) groups is 1. The van der Waals surface area contributed by atoms with E-state index in [2.05, 4.69) is 18.8 Å². The second-order valence-electron chi connectivity index (χ2n) is 6.72. The Morgan fingerprint density at radius 2 is 2.00 bits per heavy atom. The third-order valence-electron chi connectivity index (χ3n) is 4.13. The SMILES string of the molecule is CCOC(=O)Cn1c(=NC(=O)c2cccc(SC(C)C)c2)sc2cc(OC)ccc21. The fourth-order valence-electron chi connectivity index (χ4n) is 2.88. The minimum absolute atomic E-state index is 0.0183. The van der Waals surface area contributed by atoms with Crippen molar-refractivity contribution in [1.29, 1.82) is 0 Å². The molecule has 0 fully saturated rings. The molecule has 0 unspecified atom stereocenters. The van der Waals surface area contributed by atoms with Crippen LogP contribution in [0.5, 0.6) is 5.75 Å². The number of methoxy groups -OCH3 is 1. The summed E-state index contributed by atoms with van der Waals surface area (Å²) in [5.41, 5.74) is 1.31. The summed E-state index contributed by atoms with van der Waals surface area (Å²) in [6.45, 7) is 6.24. The lowest BCUT2D eigenvalue weighted by atomic mass is 10.2. The van der Waals surface area contributed by atoms with Gasteiger partial charge in [-0.25, -0.2) is 0 Å². The molecule has 1 heterocycles. The summed E-state index contributed by atoms with van der Waals surface area (Å²) in [4.78, 5) is 30.8. The van der Waals surface area contributed by atoms with Gasteiger partial charge in [0.05, 0.1) is 23.9 Å². The van der Waals surface area contributed by atoms with E-state index in [1.54, 1.807) is 36.4 Å². The van der Waals surface area contributed by atoms with Gasteiger partial charge in [0.25, 0.3) is 5.91 Å². The molecule has 0 atom stereocenters. The van der Waals surface area contributed by atoms with Crippen molar-refractivity contribution in [3.63, 3.8) is 0 Å². The van der Waals surface area contributed by atoms with E-state index in [9.17, 15) is 9.59 Å². The Balaban J connectivity index is 2.05. The fraction of sp³-hybridized carbons (Fsp3) is 0.318. The van der Waals surface area contributed by atoms with E-state index >= 15 is 0 Å². The van der Waals surface area contributed by atoms with Gasteiger partial charge in [0.1, 0.15) is 12.3 Å². The Hall–Kier alpha value is -2.58. The van der Waals surface area contributed by atoms with E-state index in [1.807, 2.05) is 36.4 Å². The molecule has 3 rings (SSSR count). The molecule has 1 aromatic heterocycles. The highest BCUT2D eigenvalue weighted by Crippen LogP contribution is 2.25.